The second kappa shape index (κ2) is 6.78. The normalized spacial score (nSPS) is 21.3. The molecule has 0 fully saturated rings. The molecule has 0 aliphatic carbocycles. The van der Waals surface area contributed by atoms with Gasteiger partial charge in [-0.15, -0.1) is 0 Å². The Morgan fingerprint density at radius 1 is 1.00 bits per heavy atom. The Morgan fingerprint density at radius 2 is 1.56 bits per heavy atom. The zero-order valence-corrected chi connectivity index (χ0v) is 12.4. The van der Waals surface area contributed by atoms with Crippen LogP contribution < -0.4 is 5.32 Å². The molecule has 1 aliphatic heterocycles. The molecule has 1 aliphatic rings. The number of hydrogen-bond acceptors (Lipinski definition) is 4. The fourth-order valence-corrected chi connectivity index (χ4v) is 1.87. The van der Waals surface area contributed by atoms with Gasteiger partial charge in [0.15, 0.2) is 5.84 Å². The molecular weight excluding hydrogens is 382 g/mol. The molecule has 0 aromatic heterocycles. The van der Waals surface area contributed by atoms with E-state index in [1.807, 2.05) is 5.32 Å². The number of rotatable bonds is 7. The van der Waals surface area contributed by atoms with Gasteiger partial charge in [-0.25, -0.2) is 4.39 Å². The van der Waals surface area contributed by atoms with Gasteiger partial charge in [-0.1, -0.05) is 0 Å². The minimum atomic E-state index is -6.43. The predicted molar refractivity (Wildman–Crippen MR) is 62.4 cm³/mol. The first-order chi connectivity index (χ1) is 11.1. The van der Waals surface area contributed by atoms with Gasteiger partial charge in [0.2, 0.25) is 0 Å². The minimum absolute atomic E-state index is 0.278. The molecule has 148 valence electrons. The van der Waals surface area contributed by atoms with Crippen molar-refractivity contribution in [3.8, 4) is 0 Å². The third-order valence-corrected chi connectivity index (χ3v) is 2.83. The van der Waals surface area contributed by atoms with E-state index >= 15 is 0 Å². The second-order valence-corrected chi connectivity index (χ2v) is 4.82. The quantitative estimate of drug-likeness (QED) is 0.673. The van der Waals surface area contributed by atoms with Crippen LogP contribution in [0.1, 0.15) is 13.3 Å². The molecule has 0 aromatic rings. The van der Waals surface area contributed by atoms with Gasteiger partial charge >= 0.3 is 24.3 Å². The maximum Gasteiger partial charge on any atom is 0.457 e. The van der Waals surface area contributed by atoms with Crippen LogP contribution >= 0.6 is 0 Å². The molecule has 0 spiro atoms. The predicted octanol–water partition coefficient (Wildman–Crippen LogP) is 3.48. The Kier molecular flexibility index (Phi) is 5.89. The van der Waals surface area contributed by atoms with Gasteiger partial charge < -0.3 is 10.1 Å². The fraction of sp³-hybridized carbons (Fsp3) is 0.909. The molecule has 0 saturated carbocycles. The maximum absolute atomic E-state index is 14.4. The van der Waals surface area contributed by atoms with Crippen molar-refractivity contribution >= 4 is 5.84 Å². The van der Waals surface area contributed by atoms with Crippen molar-refractivity contribution < 1.29 is 53.4 Å². The minimum Gasteiger partial charge on any atom is -0.367 e. The molecule has 1 rings (SSSR count). The topological polar surface area (TPSA) is 42.9 Å². The van der Waals surface area contributed by atoms with Crippen LogP contribution in [0.25, 0.3) is 0 Å². The molecule has 0 saturated heterocycles. The Hall–Kier alpha value is -1.31. The van der Waals surface area contributed by atoms with Gasteiger partial charge in [0, 0.05) is 13.2 Å². The molecule has 4 nitrogen and oxygen atoms in total. The van der Waals surface area contributed by atoms with E-state index in [9.17, 15) is 43.9 Å². The molecule has 25 heavy (non-hydrogen) atoms. The molecule has 0 bridgehead atoms. The summed E-state index contributed by atoms with van der Waals surface area (Å²) >= 11 is 0. The molecule has 14 heteroatoms. The van der Waals surface area contributed by atoms with E-state index in [1.54, 1.807) is 0 Å². The van der Waals surface area contributed by atoms with Crippen LogP contribution in [0.3, 0.4) is 0 Å². The van der Waals surface area contributed by atoms with Gasteiger partial charge in [0.1, 0.15) is 6.42 Å². The zero-order valence-electron chi connectivity index (χ0n) is 12.4. The number of amidine groups is 1. The summed E-state index contributed by atoms with van der Waals surface area (Å²) in [7, 11) is 0. The number of halogens is 10. The van der Waals surface area contributed by atoms with Crippen molar-refractivity contribution in [3.63, 3.8) is 0 Å². The largest absolute Gasteiger partial charge is 0.457 e. The number of nitrogens with one attached hydrogen (secondary N) is 1. The summed E-state index contributed by atoms with van der Waals surface area (Å²) in [6.07, 6.45) is -20.9. The number of alkyl halides is 10. The van der Waals surface area contributed by atoms with Crippen LogP contribution in [0.5, 0.6) is 0 Å². The van der Waals surface area contributed by atoms with Crippen molar-refractivity contribution in [2.24, 2.45) is 4.99 Å². The Morgan fingerprint density at radius 3 is 1.92 bits per heavy atom. The molecule has 2 atom stereocenters. The van der Waals surface area contributed by atoms with Crippen LogP contribution in [-0.2, 0) is 9.47 Å². The monoisotopic (exact) mass is 394 g/mol. The smallest absolute Gasteiger partial charge is 0.367 e. The van der Waals surface area contributed by atoms with E-state index in [2.05, 4.69) is 14.5 Å². The van der Waals surface area contributed by atoms with Crippen molar-refractivity contribution in [1.82, 2.24) is 5.32 Å². The molecule has 0 aromatic carbocycles. The molecular formula is C11H12F10N2O2. The van der Waals surface area contributed by atoms with Crippen molar-refractivity contribution in [2.75, 3.05) is 19.7 Å². The first kappa shape index (κ1) is 21.7. The third-order valence-electron chi connectivity index (χ3n) is 2.83. The number of aliphatic imine (C=N–C) groups is 1. The highest BCUT2D eigenvalue weighted by Crippen LogP contribution is 2.49. The highest BCUT2D eigenvalue weighted by atomic mass is 19.4. The van der Waals surface area contributed by atoms with E-state index in [1.165, 1.54) is 0 Å². The summed E-state index contributed by atoms with van der Waals surface area (Å²) in [5.41, 5.74) is 0. The average Bonchev–Trinajstić information content (AvgIpc) is 2.88. The number of hydrogen-bond donors (Lipinski definition) is 1. The average molecular weight is 394 g/mol. The zero-order chi connectivity index (χ0) is 19.7. The van der Waals surface area contributed by atoms with Gasteiger partial charge in [-0.3, -0.25) is 9.73 Å². The lowest BCUT2D eigenvalue weighted by molar-refractivity contribution is -0.478. The standard InChI is InChI=1S/C11H12F10N2O2/c1-2-24-9(16,10(17,18)19)11(20,21)25-7(12,5-8(13,14)15)6-22-3-4-23-6/h2-5H2,1H3,(H,22,23)/t7-,9+/m0/s1. The van der Waals surface area contributed by atoms with Crippen LogP contribution in [-0.4, -0.2) is 55.7 Å². The first-order valence-electron chi connectivity index (χ1n) is 6.60. The molecule has 0 amide bonds. The van der Waals surface area contributed by atoms with E-state index in [0.29, 0.717) is 6.92 Å². The summed E-state index contributed by atoms with van der Waals surface area (Å²) < 4.78 is 137. The van der Waals surface area contributed by atoms with E-state index in [0.717, 1.165) is 0 Å². The lowest BCUT2D eigenvalue weighted by Crippen LogP contribution is -2.62. The lowest BCUT2D eigenvalue weighted by Gasteiger charge is -2.37. The molecule has 0 radical (unpaired) electrons. The fourth-order valence-electron chi connectivity index (χ4n) is 1.87. The summed E-state index contributed by atoms with van der Waals surface area (Å²) in [5.74, 6) is -11.9. The molecule has 1 N–H and O–H groups in total. The van der Waals surface area contributed by atoms with Gasteiger partial charge in [-0.05, 0) is 6.92 Å². The summed E-state index contributed by atoms with van der Waals surface area (Å²) in [6, 6.07) is 0. The maximum atomic E-state index is 14.4. The van der Waals surface area contributed by atoms with Crippen LogP contribution in [0.15, 0.2) is 4.99 Å². The summed E-state index contributed by atoms with van der Waals surface area (Å²) in [5, 5.41) is 1.84. The molecule has 1 heterocycles. The van der Waals surface area contributed by atoms with Crippen molar-refractivity contribution in [1.29, 1.82) is 0 Å². The van der Waals surface area contributed by atoms with Crippen molar-refractivity contribution in [2.45, 2.75) is 43.5 Å². The highest BCUT2D eigenvalue weighted by molar-refractivity contribution is 5.90. The van der Waals surface area contributed by atoms with Gasteiger partial charge in [-0.2, -0.15) is 39.5 Å². The SMILES string of the molecule is CCO[C@](F)(C(F)(F)F)C(F)(F)O[C@@](F)(CC(F)(F)F)C1=NCCN1. The van der Waals surface area contributed by atoms with E-state index < -0.39 is 49.0 Å². The van der Waals surface area contributed by atoms with Crippen molar-refractivity contribution in [3.05, 3.63) is 0 Å². The van der Waals surface area contributed by atoms with Crippen LogP contribution in [0, 0.1) is 0 Å². The van der Waals surface area contributed by atoms with E-state index in [-0.39, 0.29) is 13.1 Å². The van der Waals surface area contributed by atoms with Crippen LogP contribution in [0.2, 0.25) is 0 Å². The highest BCUT2D eigenvalue weighted by Gasteiger charge is 2.76. The third kappa shape index (κ3) is 4.65. The Balaban J connectivity index is 3.28. The first-order valence-corrected chi connectivity index (χ1v) is 6.60. The van der Waals surface area contributed by atoms with E-state index in [4.69, 9.17) is 0 Å². The van der Waals surface area contributed by atoms with Gasteiger partial charge in [0.25, 0.3) is 5.85 Å². The molecule has 0 unspecified atom stereocenters. The van der Waals surface area contributed by atoms with Gasteiger partial charge in [0.05, 0.1) is 6.54 Å². The van der Waals surface area contributed by atoms with Crippen LogP contribution in [0.4, 0.5) is 43.9 Å². The lowest BCUT2D eigenvalue weighted by atomic mass is 10.1. The summed E-state index contributed by atoms with van der Waals surface area (Å²) in [4.78, 5) is 3.09. The number of ether oxygens (including phenoxy) is 2. The Labute approximate surface area is 134 Å². The second-order valence-electron chi connectivity index (χ2n) is 4.82. The summed E-state index contributed by atoms with van der Waals surface area (Å²) in [6.45, 7) is -1.18. The number of nitrogens with zero attached hydrogens (tertiary/aromatic N) is 1. The Bertz CT molecular complexity index is 506.